The van der Waals surface area contributed by atoms with E-state index >= 15 is 0 Å². The third kappa shape index (κ3) is 6.23. The first kappa shape index (κ1) is 25.0. The SMILES string of the molecule is COc1cc(CN(C)C(=O)c2cnc(NCCN(C)C)nc2-c2ccccc2C)cc(OC)c1. The van der Waals surface area contributed by atoms with Crippen molar-refractivity contribution in [1.82, 2.24) is 19.8 Å². The lowest BCUT2D eigenvalue weighted by molar-refractivity contribution is 0.0785. The van der Waals surface area contributed by atoms with Crippen LogP contribution in [0.5, 0.6) is 11.5 Å². The first-order valence-electron chi connectivity index (χ1n) is 11.1. The van der Waals surface area contributed by atoms with E-state index in [-0.39, 0.29) is 5.91 Å². The number of benzene rings is 2. The molecule has 0 saturated heterocycles. The number of nitrogens with zero attached hydrogens (tertiary/aromatic N) is 4. The number of amides is 1. The number of ether oxygens (including phenoxy) is 2. The molecular weight excluding hydrogens is 430 g/mol. The standard InChI is InChI=1S/C26H33N5O3/c1-18-9-7-8-10-22(18)24-23(16-28-26(29-24)27-11-12-30(2)3)25(32)31(4)17-19-13-20(33-5)15-21(14-19)34-6/h7-10,13-16H,11-12,17H2,1-6H3,(H,27,28,29). The van der Waals surface area contributed by atoms with Crippen LogP contribution in [0.1, 0.15) is 21.5 Å². The van der Waals surface area contributed by atoms with Crippen molar-refractivity contribution in [1.29, 1.82) is 0 Å². The molecule has 0 aliphatic heterocycles. The second-order valence-electron chi connectivity index (χ2n) is 8.38. The lowest BCUT2D eigenvalue weighted by Crippen LogP contribution is -2.27. The maximum Gasteiger partial charge on any atom is 0.257 e. The van der Waals surface area contributed by atoms with Crippen LogP contribution < -0.4 is 14.8 Å². The zero-order chi connectivity index (χ0) is 24.7. The van der Waals surface area contributed by atoms with Crippen LogP contribution in [0.2, 0.25) is 0 Å². The molecule has 3 rings (SSSR count). The highest BCUT2D eigenvalue weighted by molar-refractivity contribution is 6.00. The van der Waals surface area contributed by atoms with E-state index in [2.05, 4.69) is 15.2 Å². The summed E-state index contributed by atoms with van der Waals surface area (Å²) < 4.78 is 10.7. The fourth-order valence-corrected chi connectivity index (χ4v) is 3.57. The number of carbonyl (C=O) groups excluding carboxylic acids is 1. The van der Waals surface area contributed by atoms with Gasteiger partial charge in [-0.3, -0.25) is 4.79 Å². The van der Waals surface area contributed by atoms with E-state index in [4.69, 9.17) is 14.5 Å². The molecule has 0 spiro atoms. The van der Waals surface area contributed by atoms with E-state index in [0.29, 0.717) is 41.8 Å². The normalized spacial score (nSPS) is 10.8. The quantitative estimate of drug-likeness (QED) is 0.491. The number of aromatic nitrogens is 2. The minimum absolute atomic E-state index is 0.167. The zero-order valence-corrected chi connectivity index (χ0v) is 20.8. The van der Waals surface area contributed by atoms with E-state index in [1.807, 2.05) is 57.4 Å². The molecule has 0 atom stereocenters. The van der Waals surface area contributed by atoms with Crippen LogP contribution in [-0.2, 0) is 6.54 Å². The summed E-state index contributed by atoms with van der Waals surface area (Å²) in [7, 11) is 8.99. The lowest BCUT2D eigenvalue weighted by atomic mass is 10.0. The second kappa shape index (κ2) is 11.5. The number of methoxy groups -OCH3 is 2. The van der Waals surface area contributed by atoms with Gasteiger partial charge in [-0.25, -0.2) is 9.97 Å². The molecule has 34 heavy (non-hydrogen) atoms. The fraction of sp³-hybridized carbons (Fsp3) is 0.346. The summed E-state index contributed by atoms with van der Waals surface area (Å²) in [6.45, 7) is 3.93. The number of aryl methyl sites for hydroxylation is 1. The lowest BCUT2D eigenvalue weighted by Gasteiger charge is -2.20. The third-order valence-electron chi connectivity index (χ3n) is 5.44. The number of nitrogens with one attached hydrogen (secondary N) is 1. The van der Waals surface area contributed by atoms with Crippen LogP contribution in [0.25, 0.3) is 11.3 Å². The topological polar surface area (TPSA) is 79.8 Å². The predicted molar refractivity (Wildman–Crippen MR) is 135 cm³/mol. The molecule has 0 radical (unpaired) electrons. The number of hydrogen-bond donors (Lipinski definition) is 1. The van der Waals surface area contributed by atoms with Crippen molar-refractivity contribution < 1.29 is 14.3 Å². The van der Waals surface area contributed by atoms with E-state index < -0.39 is 0 Å². The highest BCUT2D eigenvalue weighted by Crippen LogP contribution is 2.28. The summed E-state index contributed by atoms with van der Waals surface area (Å²) in [5.41, 5.74) is 3.90. The maximum absolute atomic E-state index is 13.5. The molecular formula is C26H33N5O3. The third-order valence-corrected chi connectivity index (χ3v) is 5.44. The summed E-state index contributed by atoms with van der Waals surface area (Å²) in [5.74, 6) is 1.68. The predicted octanol–water partition coefficient (Wildman–Crippen LogP) is 3.71. The van der Waals surface area contributed by atoms with Crippen molar-refractivity contribution in [3.63, 3.8) is 0 Å². The van der Waals surface area contributed by atoms with Gasteiger partial charge in [0.1, 0.15) is 11.5 Å². The zero-order valence-electron chi connectivity index (χ0n) is 20.8. The molecule has 0 fully saturated rings. The Morgan fingerprint density at radius 2 is 1.71 bits per heavy atom. The van der Waals surface area contributed by atoms with Gasteiger partial charge in [0.05, 0.1) is 25.5 Å². The second-order valence-corrected chi connectivity index (χ2v) is 8.38. The van der Waals surface area contributed by atoms with Crippen molar-refractivity contribution in [3.8, 4) is 22.8 Å². The first-order chi connectivity index (χ1) is 16.3. The Morgan fingerprint density at radius 3 is 2.32 bits per heavy atom. The molecule has 0 saturated carbocycles. The number of anilines is 1. The average molecular weight is 464 g/mol. The molecule has 1 aromatic heterocycles. The van der Waals surface area contributed by atoms with E-state index in [0.717, 1.165) is 23.2 Å². The number of hydrogen-bond acceptors (Lipinski definition) is 7. The largest absolute Gasteiger partial charge is 0.497 e. The Kier molecular flexibility index (Phi) is 8.43. The van der Waals surface area contributed by atoms with Crippen LogP contribution in [0.4, 0.5) is 5.95 Å². The average Bonchev–Trinajstić information content (AvgIpc) is 2.83. The van der Waals surface area contributed by atoms with Gasteiger partial charge >= 0.3 is 0 Å². The first-order valence-corrected chi connectivity index (χ1v) is 11.1. The molecule has 8 heteroatoms. The van der Waals surface area contributed by atoms with Crippen molar-refractivity contribution in [2.45, 2.75) is 13.5 Å². The smallest absolute Gasteiger partial charge is 0.257 e. The van der Waals surface area contributed by atoms with Gasteiger partial charge in [-0.2, -0.15) is 0 Å². The Hall–Kier alpha value is -3.65. The van der Waals surface area contributed by atoms with E-state index in [1.165, 1.54) is 0 Å². The summed E-state index contributed by atoms with van der Waals surface area (Å²) in [6.07, 6.45) is 1.61. The Labute approximate surface area is 201 Å². The number of likely N-dealkylation sites (N-methyl/N-ethyl adjacent to an activating group) is 1. The minimum Gasteiger partial charge on any atom is -0.497 e. The van der Waals surface area contributed by atoms with Gasteiger partial charge in [0.2, 0.25) is 5.95 Å². The summed E-state index contributed by atoms with van der Waals surface area (Å²) in [6, 6.07) is 13.5. The Balaban J connectivity index is 1.92. The van der Waals surface area contributed by atoms with Crippen LogP contribution in [0, 0.1) is 6.92 Å². The summed E-state index contributed by atoms with van der Waals surface area (Å²) in [5, 5.41) is 3.25. The van der Waals surface area contributed by atoms with Crippen LogP contribution in [-0.4, -0.2) is 74.1 Å². The van der Waals surface area contributed by atoms with Gasteiger partial charge < -0.3 is 24.6 Å². The monoisotopic (exact) mass is 463 g/mol. The van der Waals surface area contributed by atoms with Gasteiger partial charge in [-0.15, -0.1) is 0 Å². The van der Waals surface area contributed by atoms with Gasteiger partial charge in [0.25, 0.3) is 5.91 Å². The van der Waals surface area contributed by atoms with Crippen molar-refractivity contribution in [2.75, 3.05) is 53.8 Å². The van der Waals surface area contributed by atoms with Gasteiger partial charge in [0.15, 0.2) is 0 Å². The molecule has 1 heterocycles. The van der Waals surface area contributed by atoms with E-state index in [9.17, 15) is 4.79 Å². The molecule has 1 amide bonds. The fourth-order valence-electron chi connectivity index (χ4n) is 3.57. The van der Waals surface area contributed by atoms with Gasteiger partial charge in [0, 0.05) is 44.5 Å². The maximum atomic E-state index is 13.5. The minimum atomic E-state index is -0.167. The molecule has 3 aromatic rings. The summed E-state index contributed by atoms with van der Waals surface area (Å²) in [4.78, 5) is 26.4. The van der Waals surface area contributed by atoms with Crippen molar-refractivity contribution >= 4 is 11.9 Å². The molecule has 2 aromatic carbocycles. The van der Waals surface area contributed by atoms with Crippen molar-refractivity contribution in [3.05, 3.63) is 65.4 Å². The van der Waals surface area contributed by atoms with Crippen molar-refractivity contribution in [2.24, 2.45) is 0 Å². The molecule has 0 aliphatic carbocycles. The van der Waals surface area contributed by atoms with Gasteiger partial charge in [-0.05, 0) is 44.3 Å². The number of carbonyl (C=O) groups is 1. The Morgan fingerprint density at radius 1 is 1.03 bits per heavy atom. The number of rotatable bonds is 10. The molecule has 180 valence electrons. The molecule has 8 nitrogen and oxygen atoms in total. The molecule has 0 bridgehead atoms. The summed E-state index contributed by atoms with van der Waals surface area (Å²) >= 11 is 0. The van der Waals surface area contributed by atoms with E-state index in [1.54, 1.807) is 38.4 Å². The highest BCUT2D eigenvalue weighted by atomic mass is 16.5. The highest BCUT2D eigenvalue weighted by Gasteiger charge is 2.21. The van der Waals surface area contributed by atoms with Crippen LogP contribution >= 0.6 is 0 Å². The van der Waals surface area contributed by atoms with Gasteiger partial charge in [-0.1, -0.05) is 24.3 Å². The molecule has 0 aliphatic rings. The molecule has 0 unspecified atom stereocenters. The van der Waals surface area contributed by atoms with Crippen LogP contribution in [0.3, 0.4) is 0 Å². The molecule has 1 N–H and O–H groups in total. The Bertz CT molecular complexity index is 1110. The van der Waals surface area contributed by atoms with Crippen LogP contribution in [0.15, 0.2) is 48.7 Å².